The van der Waals surface area contributed by atoms with Crippen LogP contribution in [0.1, 0.15) is 6.42 Å². The minimum Gasteiger partial charge on any atom is -0.377 e. The van der Waals surface area contributed by atoms with Crippen molar-refractivity contribution in [2.24, 2.45) is 4.99 Å². The summed E-state index contributed by atoms with van der Waals surface area (Å²) in [7, 11) is 1.58. The Morgan fingerprint density at radius 2 is 2.46 bits per heavy atom. The Kier molecular flexibility index (Phi) is 3.27. The molecule has 0 aromatic rings. The van der Waals surface area contributed by atoms with Gasteiger partial charge >= 0.3 is 0 Å². The van der Waals surface area contributed by atoms with Gasteiger partial charge in [0.2, 0.25) is 0 Å². The van der Waals surface area contributed by atoms with Crippen LogP contribution in [-0.2, 0) is 0 Å². The molecule has 0 aliphatic heterocycles. The zero-order valence-electron chi connectivity index (χ0n) is 7.47. The zero-order valence-corrected chi connectivity index (χ0v) is 7.47. The predicted molar refractivity (Wildman–Crippen MR) is 52.1 cm³/mol. The first-order chi connectivity index (χ1) is 6.27. The molecule has 0 spiro atoms. The van der Waals surface area contributed by atoms with Gasteiger partial charge in [-0.3, -0.25) is 4.99 Å². The summed E-state index contributed by atoms with van der Waals surface area (Å²) in [6.45, 7) is 0.457. The second-order valence-electron chi connectivity index (χ2n) is 2.61. The smallest absolute Gasteiger partial charge is 0.144 e. The summed E-state index contributed by atoms with van der Waals surface area (Å²) < 4.78 is 13.0. The summed E-state index contributed by atoms with van der Waals surface area (Å²) in [4.78, 5) is 3.83. The second-order valence-corrected chi connectivity index (χ2v) is 2.61. The Labute approximate surface area is 77.2 Å². The molecule has 0 bridgehead atoms. The van der Waals surface area contributed by atoms with Crippen LogP contribution in [-0.4, -0.2) is 19.3 Å². The average molecular weight is 178 g/mol. The van der Waals surface area contributed by atoms with Gasteiger partial charge in [-0.1, -0.05) is 5.92 Å². The van der Waals surface area contributed by atoms with Gasteiger partial charge in [0, 0.05) is 19.2 Å². The van der Waals surface area contributed by atoms with E-state index in [-0.39, 0.29) is 5.83 Å². The number of allylic oxidation sites excluding steroid dienone is 4. The Balaban J connectivity index is 2.67. The maximum Gasteiger partial charge on any atom is 0.144 e. The van der Waals surface area contributed by atoms with Crippen LogP contribution in [0.5, 0.6) is 0 Å². The van der Waals surface area contributed by atoms with E-state index in [9.17, 15) is 4.39 Å². The normalized spacial score (nSPS) is 19.0. The molecule has 1 aliphatic carbocycles. The molecule has 0 unspecified atom stereocenters. The van der Waals surface area contributed by atoms with Crippen molar-refractivity contribution in [1.82, 2.24) is 5.32 Å². The van der Waals surface area contributed by atoms with E-state index in [0.29, 0.717) is 18.7 Å². The van der Waals surface area contributed by atoms with Gasteiger partial charge in [-0.2, -0.15) is 0 Å². The Bertz CT molecular complexity index is 318. The van der Waals surface area contributed by atoms with E-state index < -0.39 is 0 Å². The highest BCUT2D eigenvalue weighted by molar-refractivity contribution is 6.00. The lowest BCUT2D eigenvalue weighted by Gasteiger charge is -2.12. The van der Waals surface area contributed by atoms with Crippen LogP contribution in [0, 0.1) is 12.3 Å². The van der Waals surface area contributed by atoms with E-state index in [1.807, 2.05) is 0 Å². The minimum absolute atomic E-state index is 0.270. The third-order valence-electron chi connectivity index (χ3n) is 1.75. The van der Waals surface area contributed by atoms with Gasteiger partial charge in [0.1, 0.15) is 5.83 Å². The van der Waals surface area contributed by atoms with Crippen LogP contribution >= 0.6 is 0 Å². The SMILES string of the molecule is C#CCNC1=CC=C(F)C(=NC)C1. The van der Waals surface area contributed by atoms with Crippen molar-refractivity contribution in [2.75, 3.05) is 13.6 Å². The summed E-state index contributed by atoms with van der Waals surface area (Å²) in [5.74, 6) is 2.18. The fraction of sp³-hybridized carbons (Fsp3) is 0.300. The fourth-order valence-corrected chi connectivity index (χ4v) is 1.07. The van der Waals surface area contributed by atoms with Gasteiger partial charge in [0.15, 0.2) is 0 Å². The maximum absolute atomic E-state index is 13.0. The molecule has 1 rings (SSSR count). The molecule has 0 aromatic heterocycles. The molecular weight excluding hydrogens is 167 g/mol. The zero-order chi connectivity index (χ0) is 9.68. The summed E-state index contributed by atoms with van der Waals surface area (Å²) in [6, 6.07) is 0. The Morgan fingerprint density at radius 3 is 3.08 bits per heavy atom. The molecule has 0 amide bonds. The van der Waals surface area contributed by atoms with E-state index in [2.05, 4.69) is 16.2 Å². The van der Waals surface area contributed by atoms with Crippen LogP contribution in [0.25, 0.3) is 0 Å². The molecule has 0 fully saturated rings. The lowest BCUT2D eigenvalue weighted by Crippen LogP contribution is -2.18. The summed E-state index contributed by atoms with van der Waals surface area (Å²) >= 11 is 0. The molecule has 0 atom stereocenters. The molecule has 0 heterocycles. The largest absolute Gasteiger partial charge is 0.377 e. The lowest BCUT2D eigenvalue weighted by molar-refractivity contribution is 0.672. The minimum atomic E-state index is -0.270. The van der Waals surface area contributed by atoms with Crippen LogP contribution < -0.4 is 5.32 Å². The van der Waals surface area contributed by atoms with Gasteiger partial charge in [-0.25, -0.2) is 4.39 Å². The highest BCUT2D eigenvalue weighted by Crippen LogP contribution is 2.14. The number of halogens is 1. The first-order valence-electron chi connectivity index (χ1n) is 3.97. The summed E-state index contributed by atoms with van der Waals surface area (Å²) in [6.07, 6.45) is 8.64. The number of terminal acetylenes is 1. The number of aliphatic imine (C=N–C) groups is 1. The van der Waals surface area contributed by atoms with Gasteiger partial charge < -0.3 is 5.32 Å². The molecule has 0 radical (unpaired) electrons. The number of nitrogens with zero attached hydrogens (tertiary/aromatic N) is 1. The van der Waals surface area contributed by atoms with Crippen molar-refractivity contribution in [2.45, 2.75) is 6.42 Å². The summed E-state index contributed by atoms with van der Waals surface area (Å²) in [5, 5.41) is 2.99. The number of hydrogen-bond donors (Lipinski definition) is 1. The monoisotopic (exact) mass is 178 g/mol. The van der Waals surface area contributed by atoms with Crippen molar-refractivity contribution < 1.29 is 4.39 Å². The highest BCUT2D eigenvalue weighted by Gasteiger charge is 2.11. The molecule has 1 aliphatic rings. The van der Waals surface area contributed by atoms with Crippen molar-refractivity contribution in [3.63, 3.8) is 0 Å². The fourth-order valence-electron chi connectivity index (χ4n) is 1.07. The van der Waals surface area contributed by atoms with Crippen molar-refractivity contribution in [3.05, 3.63) is 23.7 Å². The Morgan fingerprint density at radius 1 is 1.69 bits per heavy atom. The third kappa shape index (κ3) is 2.45. The van der Waals surface area contributed by atoms with E-state index >= 15 is 0 Å². The van der Waals surface area contributed by atoms with Gasteiger partial charge in [-0.05, 0) is 12.2 Å². The molecule has 3 heteroatoms. The molecular formula is C10H11FN2. The topological polar surface area (TPSA) is 24.4 Å². The van der Waals surface area contributed by atoms with E-state index in [1.54, 1.807) is 13.1 Å². The quantitative estimate of drug-likeness (QED) is 0.635. The van der Waals surface area contributed by atoms with Crippen LogP contribution in [0.15, 0.2) is 28.7 Å². The van der Waals surface area contributed by atoms with Crippen LogP contribution in [0.3, 0.4) is 0 Å². The first-order valence-corrected chi connectivity index (χ1v) is 3.97. The average Bonchev–Trinajstić information content (AvgIpc) is 2.16. The highest BCUT2D eigenvalue weighted by atomic mass is 19.1. The summed E-state index contributed by atoms with van der Waals surface area (Å²) in [5.41, 5.74) is 1.36. The molecule has 2 nitrogen and oxygen atoms in total. The van der Waals surface area contributed by atoms with E-state index in [0.717, 1.165) is 5.70 Å². The van der Waals surface area contributed by atoms with Crippen molar-refractivity contribution in [3.8, 4) is 12.3 Å². The van der Waals surface area contributed by atoms with Gasteiger partial charge in [0.05, 0.1) is 12.3 Å². The van der Waals surface area contributed by atoms with Crippen LogP contribution in [0.2, 0.25) is 0 Å². The third-order valence-corrected chi connectivity index (χ3v) is 1.75. The predicted octanol–water partition coefficient (Wildman–Crippen LogP) is 1.42. The maximum atomic E-state index is 13.0. The second kappa shape index (κ2) is 4.46. The number of rotatable bonds is 2. The van der Waals surface area contributed by atoms with Crippen molar-refractivity contribution in [1.29, 1.82) is 0 Å². The molecule has 68 valence electrons. The van der Waals surface area contributed by atoms with E-state index in [1.165, 1.54) is 6.08 Å². The van der Waals surface area contributed by atoms with E-state index in [4.69, 9.17) is 6.42 Å². The first kappa shape index (κ1) is 9.53. The number of nitrogens with one attached hydrogen (secondary N) is 1. The molecule has 0 saturated heterocycles. The molecule has 0 aromatic carbocycles. The Hall–Kier alpha value is -1.56. The standard InChI is InChI=1S/C10H11FN2/c1-3-6-13-8-4-5-9(11)10(7-8)12-2/h1,4-5,13H,6-7H2,2H3. The van der Waals surface area contributed by atoms with Gasteiger partial charge in [-0.15, -0.1) is 6.42 Å². The van der Waals surface area contributed by atoms with Crippen LogP contribution in [0.4, 0.5) is 4.39 Å². The number of hydrogen-bond acceptors (Lipinski definition) is 2. The van der Waals surface area contributed by atoms with Crippen molar-refractivity contribution >= 4 is 5.71 Å². The molecule has 13 heavy (non-hydrogen) atoms. The molecule has 1 N–H and O–H groups in total. The molecule has 0 saturated carbocycles. The van der Waals surface area contributed by atoms with Gasteiger partial charge in [0.25, 0.3) is 0 Å². The lowest BCUT2D eigenvalue weighted by atomic mass is 10.1.